The van der Waals surface area contributed by atoms with E-state index >= 15 is 0 Å². The van der Waals surface area contributed by atoms with E-state index in [1.54, 1.807) is 0 Å². The quantitative estimate of drug-likeness (QED) is 0.383. The van der Waals surface area contributed by atoms with Crippen molar-refractivity contribution in [3.8, 4) is 0 Å². The van der Waals surface area contributed by atoms with E-state index in [2.05, 4.69) is 38.3 Å². The molecule has 3 heteroatoms. The molecule has 6 unspecified atom stereocenters. The molecule has 0 aromatic rings. The van der Waals surface area contributed by atoms with Crippen LogP contribution in [0.2, 0.25) is 0 Å². The second-order valence-corrected chi connectivity index (χ2v) is 12.7. The SMILES string of the molecule is CC1(C)C2CCC(C2)C1CCC(CCC1C2CCC(C2)C1(C)C)NCCNCCN. The Balaban J connectivity index is 1.30. The van der Waals surface area contributed by atoms with Gasteiger partial charge in [-0.3, -0.25) is 0 Å². The first-order chi connectivity index (χ1) is 14.3. The van der Waals surface area contributed by atoms with E-state index in [4.69, 9.17) is 5.73 Å². The van der Waals surface area contributed by atoms with Gasteiger partial charge in [-0.25, -0.2) is 0 Å². The molecule has 3 nitrogen and oxygen atoms in total. The van der Waals surface area contributed by atoms with Gasteiger partial charge in [0.05, 0.1) is 0 Å². The second kappa shape index (κ2) is 9.40. The van der Waals surface area contributed by atoms with Crippen LogP contribution in [-0.2, 0) is 0 Å². The van der Waals surface area contributed by atoms with Crippen molar-refractivity contribution in [3.63, 3.8) is 0 Å². The normalized spacial score (nSPS) is 39.1. The molecule has 0 amide bonds. The lowest BCUT2D eigenvalue weighted by molar-refractivity contribution is 0.0996. The summed E-state index contributed by atoms with van der Waals surface area (Å²) >= 11 is 0. The number of nitrogens with one attached hydrogen (secondary N) is 2. The van der Waals surface area contributed by atoms with Crippen LogP contribution in [0.4, 0.5) is 0 Å². The Kier molecular flexibility index (Phi) is 7.22. The molecule has 0 heterocycles. The molecule has 0 aromatic carbocycles. The minimum absolute atomic E-state index is 0.586. The van der Waals surface area contributed by atoms with Crippen LogP contribution < -0.4 is 16.4 Å². The van der Waals surface area contributed by atoms with Crippen LogP contribution in [0.5, 0.6) is 0 Å². The van der Waals surface area contributed by atoms with E-state index in [0.717, 1.165) is 61.7 Å². The Morgan fingerprint density at radius 1 is 0.767 bits per heavy atom. The summed E-state index contributed by atoms with van der Waals surface area (Å²) in [6.07, 6.45) is 14.7. The molecule has 4 fully saturated rings. The van der Waals surface area contributed by atoms with Crippen molar-refractivity contribution in [1.29, 1.82) is 0 Å². The fourth-order valence-corrected chi connectivity index (χ4v) is 8.85. The van der Waals surface area contributed by atoms with Gasteiger partial charge < -0.3 is 16.4 Å². The van der Waals surface area contributed by atoms with E-state index in [9.17, 15) is 0 Å². The molecule has 4 rings (SSSR count). The maximum atomic E-state index is 5.63. The number of fused-ring (bicyclic) bond motifs is 4. The lowest BCUT2D eigenvalue weighted by Gasteiger charge is -2.40. The molecular weight excluding hydrogens is 366 g/mol. The zero-order chi connectivity index (χ0) is 21.4. The summed E-state index contributed by atoms with van der Waals surface area (Å²) in [7, 11) is 0. The average molecular weight is 418 g/mol. The highest BCUT2D eigenvalue weighted by Gasteiger charge is 2.53. The lowest BCUT2D eigenvalue weighted by Crippen LogP contribution is -2.39. The van der Waals surface area contributed by atoms with Crippen LogP contribution in [0.15, 0.2) is 0 Å². The van der Waals surface area contributed by atoms with Crippen LogP contribution >= 0.6 is 0 Å². The van der Waals surface area contributed by atoms with Gasteiger partial charge in [0.25, 0.3) is 0 Å². The van der Waals surface area contributed by atoms with Crippen molar-refractivity contribution in [3.05, 3.63) is 0 Å². The molecule has 0 aliphatic heterocycles. The van der Waals surface area contributed by atoms with E-state index in [-0.39, 0.29) is 0 Å². The zero-order valence-electron chi connectivity index (χ0n) is 20.5. The van der Waals surface area contributed by atoms with Gasteiger partial charge in [0.1, 0.15) is 0 Å². The summed E-state index contributed by atoms with van der Waals surface area (Å²) in [6.45, 7) is 14.1. The molecule has 0 radical (unpaired) electrons. The summed E-state index contributed by atoms with van der Waals surface area (Å²) in [5.74, 6) is 6.01. The smallest absolute Gasteiger partial charge is 0.00793 e. The Hall–Kier alpha value is -0.120. The fraction of sp³-hybridized carbons (Fsp3) is 1.00. The van der Waals surface area contributed by atoms with Crippen LogP contribution in [0.3, 0.4) is 0 Å². The largest absolute Gasteiger partial charge is 0.329 e. The number of nitrogens with two attached hydrogens (primary N) is 1. The summed E-state index contributed by atoms with van der Waals surface area (Å²) in [4.78, 5) is 0. The van der Waals surface area contributed by atoms with Gasteiger partial charge in [0.15, 0.2) is 0 Å². The molecule has 0 saturated heterocycles. The highest BCUT2D eigenvalue weighted by molar-refractivity contribution is 5.03. The monoisotopic (exact) mass is 417 g/mol. The molecule has 6 atom stereocenters. The average Bonchev–Trinajstić information content (AvgIpc) is 3.44. The maximum absolute atomic E-state index is 5.63. The number of hydrogen-bond acceptors (Lipinski definition) is 3. The minimum atomic E-state index is 0.586. The third kappa shape index (κ3) is 4.50. The standard InChI is InChI=1S/C27H51N3/c1-26(2)21-7-5-19(17-21)24(26)11-9-23(30-16-15-29-14-13-28)10-12-25-20-6-8-22(18-20)27(25,3)4/h19-25,29-30H,5-18,28H2,1-4H3. The number of hydrogen-bond donors (Lipinski definition) is 3. The molecule has 0 spiro atoms. The van der Waals surface area contributed by atoms with Crippen molar-refractivity contribution in [2.24, 2.45) is 52.1 Å². The molecule has 4 aliphatic rings. The second-order valence-electron chi connectivity index (χ2n) is 12.7. The van der Waals surface area contributed by atoms with Gasteiger partial charge in [-0.15, -0.1) is 0 Å². The van der Waals surface area contributed by atoms with Crippen molar-refractivity contribution in [1.82, 2.24) is 10.6 Å². The molecule has 30 heavy (non-hydrogen) atoms. The molecule has 4 bridgehead atoms. The van der Waals surface area contributed by atoms with Gasteiger partial charge in [0, 0.05) is 32.2 Å². The Labute approximate surface area is 187 Å². The molecule has 4 aliphatic carbocycles. The first kappa shape index (κ1) is 23.1. The zero-order valence-corrected chi connectivity index (χ0v) is 20.5. The van der Waals surface area contributed by atoms with Crippen molar-refractivity contribution < 1.29 is 0 Å². The topological polar surface area (TPSA) is 50.1 Å². The fourth-order valence-electron chi connectivity index (χ4n) is 8.85. The first-order valence-corrected chi connectivity index (χ1v) is 13.5. The maximum Gasteiger partial charge on any atom is 0.00793 e. The summed E-state index contributed by atoms with van der Waals surface area (Å²) in [5.41, 5.74) is 6.80. The van der Waals surface area contributed by atoms with Gasteiger partial charge >= 0.3 is 0 Å². The lowest BCUT2D eigenvalue weighted by atomic mass is 9.66. The van der Waals surface area contributed by atoms with Gasteiger partial charge in [-0.1, -0.05) is 27.7 Å². The van der Waals surface area contributed by atoms with Crippen molar-refractivity contribution in [2.45, 2.75) is 97.9 Å². The van der Waals surface area contributed by atoms with E-state index in [1.165, 1.54) is 64.2 Å². The molecule has 174 valence electrons. The summed E-state index contributed by atoms with van der Waals surface area (Å²) in [5, 5.41) is 7.43. The van der Waals surface area contributed by atoms with E-state index in [1.807, 2.05) is 0 Å². The van der Waals surface area contributed by atoms with E-state index in [0.29, 0.717) is 16.9 Å². The van der Waals surface area contributed by atoms with Crippen LogP contribution in [0, 0.1) is 46.3 Å². The van der Waals surface area contributed by atoms with Crippen LogP contribution in [0.25, 0.3) is 0 Å². The van der Waals surface area contributed by atoms with E-state index < -0.39 is 0 Å². The first-order valence-electron chi connectivity index (χ1n) is 13.5. The highest BCUT2D eigenvalue weighted by Crippen LogP contribution is 2.62. The Morgan fingerprint density at radius 2 is 1.30 bits per heavy atom. The Morgan fingerprint density at radius 3 is 1.73 bits per heavy atom. The molecular formula is C27H51N3. The van der Waals surface area contributed by atoms with Gasteiger partial charge in [-0.05, 0) is 111 Å². The third-order valence-corrected chi connectivity index (χ3v) is 10.8. The van der Waals surface area contributed by atoms with Gasteiger partial charge in [0.2, 0.25) is 0 Å². The minimum Gasteiger partial charge on any atom is -0.329 e. The number of rotatable bonds is 12. The van der Waals surface area contributed by atoms with Gasteiger partial charge in [-0.2, -0.15) is 0 Å². The molecule has 0 aromatic heterocycles. The van der Waals surface area contributed by atoms with Crippen molar-refractivity contribution >= 4 is 0 Å². The Bertz CT molecular complexity index is 514. The summed E-state index contributed by atoms with van der Waals surface area (Å²) < 4.78 is 0. The molecule has 4 saturated carbocycles. The predicted molar refractivity (Wildman–Crippen MR) is 128 cm³/mol. The predicted octanol–water partition coefficient (Wildman–Crippen LogP) is 5.20. The highest BCUT2D eigenvalue weighted by atomic mass is 15.0. The molecule has 4 N–H and O–H groups in total. The van der Waals surface area contributed by atoms with Crippen LogP contribution in [0.1, 0.15) is 91.9 Å². The van der Waals surface area contributed by atoms with Crippen molar-refractivity contribution in [2.75, 3.05) is 26.2 Å². The van der Waals surface area contributed by atoms with Crippen LogP contribution in [-0.4, -0.2) is 32.2 Å². The third-order valence-electron chi connectivity index (χ3n) is 10.8. The summed E-state index contributed by atoms with van der Waals surface area (Å²) in [6, 6.07) is 0.703.